The summed E-state index contributed by atoms with van der Waals surface area (Å²) in [6.45, 7) is 1.32. The van der Waals surface area contributed by atoms with E-state index in [1.54, 1.807) is 0 Å². The van der Waals surface area contributed by atoms with E-state index in [-0.39, 0.29) is 17.9 Å². The van der Waals surface area contributed by atoms with Crippen LogP contribution in [0.2, 0.25) is 0 Å². The maximum atomic E-state index is 12.6. The minimum absolute atomic E-state index is 0.115. The van der Waals surface area contributed by atoms with Crippen LogP contribution in [0.25, 0.3) is 0 Å². The number of halogens is 1. The van der Waals surface area contributed by atoms with Gasteiger partial charge < -0.3 is 20.7 Å². The molecule has 1 saturated carbocycles. The Kier molecular flexibility index (Phi) is 5.83. The van der Waals surface area contributed by atoms with E-state index in [0.717, 1.165) is 29.1 Å². The van der Waals surface area contributed by atoms with Gasteiger partial charge in [0.05, 0.1) is 11.5 Å². The lowest BCUT2D eigenvalue weighted by Gasteiger charge is -2.18. The first-order valence-corrected chi connectivity index (χ1v) is 9.70. The number of hydrogen-bond donors (Lipinski definition) is 4. The van der Waals surface area contributed by atoms with E-state index in [0.29, 0.717) is 0 Å². The normalized spacial score (nSPS) is 15.2. The van der Waals surface area contributed by atoms with Crippen molar-refractivity contribution in [2.45, 2.75) is 25.3 Å². The first kappa shape index (κ1) is 20.7. The first-order chi connectivity index (χ1) is 13.7. The van der Waals surface area contributed by atoms with E-state index >= 15 is 0 Å². The van der Waals surface area contributed by atoms with Crippen LogP contribution in [0.5, 0.6) is 0 Å². The van der Waals surface area contributed by atoms with E-state index in [9.17, 15) is 19.2 Å². The molecule has 0 bridgehead atoms. The summed E-state index contributed by atoms with van der Waals surface area (Å²) in [5.41, 5.74) is -0.515. The van der Waals surface area contributed by atoms with Gasteiger partial charge in [0, 0.05) is 17.2 Å². The van der Waals surface area contributed by atoms with Gasteiger partial charge in [-0.05, 0) is 30.5 Å². The molecule has 1 aromatic carbocycles. The maximum absolute atomic E-state index is 12.6. The van der Waals surface area contributed by atoms with Gasteiger partial charge in [-0.25, -0.2) is 4.98 Å². The lowest BCUT2D eigenvalue weighted by atomic mass is 10.0. The highest BCUT2D eigenvalue weighted by atomic mass is 79.9. The van der Waals surface area contributed by atoms with Crippen LogP contribution < -0.4 is 16.2 Å². The zero-order chi connectivity index (χ0) is 21.2. The minimum Gasteiger partial charge on any atom is -0.481 e. The molecule has 1 aliphatic rings. The molecule has 1 aliphatic carbocycles. The van der Waals surface area contributed by atoms with Crippen molar-refractivity contribution in [2.24, 2.45) is 5.92 Å². The fourth-order valence-electron chi connectivity index (χ4n) is 2.75. The smallest absolute Gasteiger partial charge is 0.308 e. The molecular formula is C19H19BrN4O5. The topological polar surface area (TPSA) is 141 Å². The zero-order valence-electron chi connectivity index (χ0n) is 15.5. The Morgan fingerprint density at radius 3 is 2.45 bits per heavy atom. The highest BCUT2D eigenvalue weighted by Crippen LogP contribution is 2.45. The Balaban J connectivity index is 1.69. The fourth-order valence-corrected chi connectivity index (χ4v) is 3.02. The van der Waals surface area contributed by atoms with Gasteiger partial charge in [-0.3, -0.25) is 19.2 Å². The van der Waals surface area contributed by atoms with Crippen LogP contribution in [-0.2, 0) is 10.3 Å². The Hall–Kier alpha value is -3.01. The highest BCUT2D eigenvalue weighted by molar-refractivity contribution is 9.10. The van der Waals surface area contributed by atoms with Crippen LogP contribution in [0.15, 0.2) is 39.7 Å². The van der Waals surface area contributed by atoms with Crippen molar-refractivity contribution in [3.63, 3.8) is 0 Å². The SMILES string of the molecule is CC(CNC(=O)c1ncc(C(=O)NC2(c3ccc(Br)cc3)CC2)c(=O)[nH]1)C(=O)O. The van der Waals surface area contributed by atoms with E-state index in [2.05, 4.69) is 36.5 Å². The second-order valence-electron chi connectivity index (χ2n) is 6.97. The van der Waals surface area contributed by atoms with Crippen molar-refractivity contribution in [3.8, 4) is 0 Å². The van der Waals surface area contributed by atoms with Crippen molar-refractivity contribution in [1.29, 1.82) is 0 Å². The molecule has 1 fully saturated rings. The predicted molar refractivity (Wildman–Crippen MR) is 107 cm³/mol. The van der Waals surface area contributed by atoms with E-state index in [1.807, 2.05) is 24.3 Å². The third-order valence-corrected chi connectivity index (χ3v) is 5.28. The van der Waals surface area contributed by atoms with Crippen molar-refractivity contribution >= 4 is 33.7 Å². The molecule has 3 rings (SSSR count). The van der Waals surface area contributed by atoms with Crippen LogP contribution >= 0.6 is 15.9 Å². The van der Waals surface area contributed by atoms with Gasteiger partial charge in [-0.2, -0.15) is 0 Å². The average Bonchev–Trinajstić information content (AvgIpc) is 3.46. The lowest BCUT2D eigenvalue weighted by Crippen LogP contribution is -2.39. The van der Waals surface area contributed by atoms with Crippen LogP contribution in [0.1, 0.15) is 46.3 Å². The number of amides is 2. The summed E-state index contributed by atoms with van der Waals surface area (Å²) in [5, 5.41) is 14.1. The maximum Gasteiger partial charge on any atom is 0.308 e. The van der Waals surface area contributed by atoms with Gasteiger partial charge in [0.2, 0.25) is 0 Å². The minimum atomic E-state index is -1.06. The summed E-state index contributed by atoms with van der Waals surface area (Å²) >= 11 is 3.37. The van der Waals surface area contributed by atoms with E-state index < -0.39 is 34.8 Å². The average molecular weight is 463 g/mol. The van der Waals surface area contributed by atoms with E-state index in [1.165, 1.54) is 6.92 Å². The number of carboxylic acids is 1. The molecule has 4 N–H and O–H groups in total. The Labute approximate surface area is 174 Å². The Morgan fingerprint density at radius 2 is 1.90 bits per heavy atom. The number of benzene rings is 1. The van der Waals surface area contributed by atoms with Crippen LogP contribution in [0.4, 0.5) is 0 Å². The number of nitrogens with one attached hydrogen (secondary N) is 3. The van der Waals surface area contributed by atoms with Crippen molar-refractivity contribution in [1.82, 2.24) is 20.6 Å². The molecular weight excluding hydrogens is 444 g/mol. The summed E-state index contributed by atoms with van der Waals surface area (Å²) in [6.07, 6.45) is 2.56. The summed E-state index contributed by atoms with van der Waals surface area (Å²) < 4.78 is 0.927. The summed E-state index contributed by atoms with van der Waals surface area (Å²) in [5.74, 6) is -3.44. The molecule has 2 amide bonds. The molecule has 2 aromatic rings. The second-order valence-corrected chi connectivity index (χ2v) is 7.88. The van der Waals surface area contributed by atoms with Crippen LogP contribution in [-0.4, -0.2) is 39.4 Å². The Morgan fingerprint density at radius 1 is 1.24 bits per heavy atom. The van der Waals surface area contributed by atoms with Crippen molar-refractivity contribution in [3.05, 3.63) is 62.2 Å². The number of carbonyl (C=O) groups excluding carboxylic acids is 2. The third-order valence-electron chi connectivity index (χ3n) is 4.75. The van der Waals surface area contributed by atoms with Gasteiger partial charge in [0.1, 0.15) is 5.56 Å². The molecule has 1 heterocycles. The second kappa shape index (κ2) is 8.16. The number of aromatic nitrogens is 2. The van der Waals surface area contributed by atoms with Crippen molar-refractivity contribution in [2.75, 3.05) is 6.54 Å². The molecule has 29 heavy (non-hydrogen) atoms. The molecule has 0 aliphatic heterocycles. The number of H-pyrrole nitrogens is 1. The van der Waals surface area contributed by atoms with Crippen molar-refractivity contribution < 1.29 is 19.5 Å². The van der Waals surface area contributed by atoms with Crippen LogP contribution in [0, 0.1) is 5.92 Å². The van der Waals surface area contributed by atoms with Gasteiger partial charge >= 0.3 is 5.97 Å². The number of carbonyl (C=O) groups is 3. The Bertz CT molecular complexity index is 1010. The number of carboxylic acid groups (broad SMARTS) is 1. The molecule has 1 aromatic heterocycles. The molecule has 10 heteroatoms. The monoisotopic (exact) mass is 462 g/mol. The standard InChI is InChI=1S/C19H19BrN4O5/c1-10(18(28)29)8-22-17(27)14-21-9-13(15(25)23-14)16(26)24-19(6-7-19)11-2-4-12(20)5-3-11/h2-5,9-10H,6-8H2,1H3,(H,22,27)(H,24,26)(H,28,29)(H,21,23,25). The van der Waals surface area contributed by atoms with Gasteiger partial charge in [-0.15, -0.1) is 0 Å². The van der Waals surface area contributed by atoms with Gasteiger partial charge in [0.25, 0.3) is 17.4 Å². The molecule has 1 atom stereocenters. The largest absolute Gasteiger partial charge is 0.481 e. The molecule has 152 valence electrons. The van der Waals surface area contributed by atoms with Crippen LogP contribution in [0.3, 0.4) is 0 Å². The van der Waals surface area contributed by atoms with E-state index in [4.69, 9.17) is 5.11 Å². The molecule has 0 spiro atoms. The summed E-state index contributed by atoms with van der Waals surface area (Å²) in [7, 11) is 0. The van der Waals surface area contributed by atoms with Gasteiger partial charge in [0.15, 0.2) is 5.82 Å². The number of hydrogen-bond acceptors (Lipinski definition) is 5. The summed E-state index contributed by atoms with van der Waals surface area (Å²) in [6, 6.07) is 7.58. The number of rotatable bonds is 7. The molecule has 0 saturated heterocycles. The lowest BCUT2D eigenvalue weighted by molar-refractivity contribution is -0.140. The first-order valence-electron chi connectivity index (χ1n) is 8.91. The zero-order valence-corrected chi connectivity index (χ0v) is 17.1. The number of nitrogens with zero attached hydrogens (tertiary/aromatic N) is 1. The molecule has 0 radical (unpaired) electrons. The third kappa shape index (κ3) is 4.70. The molecule has 1 unspecified atom stereocenters. The quantitative estimate of drug-likeness (QED) is 0.489. The summed E-state index contributed by atoms with van der Waals surface area (Å²) in [4.78, 5) is 53.8. The fraction of sp³-hybridized carbons (Fsp3) is 0.316. The molecule has 9 nitrogen and oxygen atoms in total. The number of aromatic amines is 1. The predicted octanol–water partition coefficient (Wildman–Crippen LogP) is 1.40. The number of aliphatic carboxylic acids is 1. The highest BCUT2D eigenvalue weighted by Gasteiger charge is 2.46. The van der Waals surface area contributed by atoms with Gasteiger partial charge in [-0.1, -0.05) is 35.0 Å².